The maximum Gasteiger partial charge on any atom is 0.409 e. The molecule has 39 heavy (non-hydrogen) atoms. The molecule has 4 bridgehead atoms. The number of ether oxygens (including phenoxy) is 3. The van der Waals surface area contributed by atoms with E-state index in [1.807, 2.05) is 46.3 Å². The number of alkyl carbamates (subject to hydrolysis) is 1. The molecule has 1 aromatic rings. The van der Waals surface area contributed by atoms with Crippen LogP contribution in [0, 0.1) is 5.92 Å². The van der Waals surface area contributed by atoms with Crippen molar-refractivity contribution in [3.8, 4) is 5.75 Å². The monoisotopic (exact) mass is 559 g/mol. The van der Waals surface area contributed by atoms with Crippen LogP contribution in [0.5, 0.6) is 5.75 Å². The normalized spacial score (nSPS) is 37.4. The van der Waals surface area contributed by atoms with Gasteiger partial charge in [0, 0.05) is 20.6 Å². The molecule has 2 fully saturated rings. The average molecular weight is 560 g/mol. The maximum atomic E-state index is 13.3. The zero-order valence-corrected chi connectivity index (χ0v) is 24.0. The lowest BCUT2D eigenvalue weighted by Gasteiger charge is -2.42. The van der Waals surface area contributed by atoms with E-state index < -0.39 is 35.4 Å². The number of methoxy groups -OCH3 is 2. The van der Waals surface area contributed by atoms with E-state index in [9.17, 15) is 19.8 Å². The van der Waals surface area contributed by atoms with Crippen LogP contribution in [0.1, 0.15) is 39.2 Å². The second-order valence-electron chi connectivity index (χ2n) is 11.1. The summed E-state index contributed by atoms with van der Waals surface area (Å²) >= 11 is 6.60. The summed E-state index contributed by atoms with van der Waals surface area (Å²) in [5.41, 5.74) is 0.666. The minimum Gasteiger partial charge on any atom is -0.495 e. The number of fused-ring (bicyclic) bond motifs is 5. The first kappa shape index (κ1) is 29.5. The van der Waals surface area contributed by atoms with Crippen molar-refractivity contribution in [2.45, 2.75) is 75.2 Å². The third-order valence-corrected chi connectivity index (χ3v) is 8.77. The molecule has 11 heteroatoms. The number of aliphatic hydroxyl groups is 2. The quantitative estimate of drug-likeness (QED) is 0.474. The summed E-state index contributed by atoms with van der Waals surface area (Å²) in [6.07, 6.45) is 2.70. The van der Waals surface area contributed by atoms with Gasteiger partial charge < -0.3 is 29.3 Å². The highest BCUT2D eigenvalue weighted by Crippen LogP contribution is 2.64. The van der Waals surface area contributed by atoms with Crippen molar-refractivity contribution in [1.82, 2.24) is 5.32 Å². The Balaban J connectivity index is 1.74. The Labute approximate surface area is 235 Å². The lowest BCUT2D eigenvalue weighted by Crippen LogP contribution is -2.63. The third kappa shape index (κ3) is 5.84. The van der Waals surface area contributed by atoms with Gasteiger partial charge in [-0.25, -0.2) is 4.79 Å². The first-order chi connectivity index (χ1) is 18.3. The summed E-state index contributed by atoms with van der Waals surface area (Å²) < 4.78 is 16.6. The van der Waals surface area contributed by atoms with Crippen LogP contribution in [0.4, 0.5) is 10.5 Å². The number of carbonyl (C=O) groups is 2. The highest BCUT2D eigenvalue weighted by molar-refractivity contribution is 6.57. The van der Waals surface area contributed by atoms with Gasteiger partial charge in [-0.05, 0) is 42.3 Å². The summed E-state index contributed by atoms with van der Waals surface area (Å²) in [5.74, 6) is -0.215. The predicted octanol–water partition coefficient (Wildman–Crippen LogP) is 3.64. The van der Waals surface area contributed by atoms with Gasteiger partial charge in [-0.15, -0.1) is 0 Å². The van der Waals surface area contributed by atoms with Crippen molar-refractivity contribution in [1.29, 1.82) is 0 Å². The SMILES string of the molecule is COc1cc2cc(c1Cl)N(C)C(=O)C[C@H](O)[C@]1(C)[B][C@H]1[C@H](C)[C@@H]1C[C@@](O)(NC(=O)O1)[C@H](OC)/C=C/C=C(\C)C2. The molecule has 1 radical (unpaired) electrons. The minimum absolute atomic E-state index is 0.0910. The summed E-state index contributed by atoms with van der Waals surface area (Å²) in [6, 6.07) is 3.67. The number of benzene rings is 1. The number of anilines is 1. The molecule has 0 unspecified atom stereocenters. The van der Waals surface area contributed by atoms with Gasteiger partial charge in [0.15, 0.2) is 5.72 Å². The fourth-order valence-electron chi connectivity index (χ4n) is 5.77. The number of aliphatic hydroxyl groups excluding tert-OH is 1. The molecule has 211 valence electrons. The van der Waals surface area contributed by atoms with Crippen molar-refractivity contribution in [3.05, 3.63) is 46.5 Å². The standard InChI is InChI=1S/C28H37BClN2O7/c1-15-8-7-9-22(38-6)28(36)14-20(39-26(35)31-28)16(2)25-27(3,29-25)21(33)13-23(34)32(4)18-11-17(10-15)12-19(37-5)24(18)30/h7-9,11-12,16,20-22,25,33,36H,10,13-14H2,1-6H3,(H,31,35)/b9-7+,15-8+/t16-,20+,21+,22-,25+,27+,28+/m1/s1. The zero-order valence-electron chi connectivity index (χ0n) is 23.2. The van der Waals surface area contributed by atoms with Crippen molar-refractivity contribution in [2.75, 3.05) is 26.2 Å². The van der Waals surface area contributed by atoms with Crippen LogP contribution in [-0.2, 0) is 20.7 Å². The predicted molar refractivity (Wildman–Crippen MR) is 149 cm³/mol. The van der Waals surface area contributed by atoms with Crippen LogP contribution in [-0.4, -0.2) is 74.8 Å². The summed E-state index contributed by atoms with van der Waals surface area (Å²) in [4.78, 5) is 27.3. The molecular weight excluding hydrogens is 523 g/mol. The Hall–Kier alpha value is -2.53. The van der Waals surface area contributed by atoms with E-state index in [2.05, 4.69) is 5.32 Å². The van der Waals surface area contributed by atoms with Crippen molar-refractivity contribution < 1.29 is 34.0 Å². The van der Waals surface area contributed by atoms with Crippen molar-refractivity contribution >= 4 is 36.6 Å². The Morgan fingerprint density at radius 2 is 2.00 bits per heavy atom. The number of nitrogens with one attached hydrogen (secondary N) is 1. The number of rotatable bonds is 2. The molecule has 7 atom stereocenters. The van der Waals surface area contributed by atoms with Crippen LogP contribution in [0.25, 0.3) is 0 Å². The number of halogens is 1. The van der Waals surface area contributed by atoms with Gasteiger partial charge in [0.05, 0.1) is 25.3 Å². The van der Waals surface area contributed by atoms with E-state index in [1.54, 1.807) is 19.2 Å². The van der Waals surface area contributed by atoms with Crippen LogP contribution in [0.2, 0.25) is 16.2 Å². The van der Waals surface area contributed by atoms with Gasteiger partial charge in [-0.1, -0.05) is 55.1 Å². The molecule has 0 aliphatic carbocycles. The van der Waals surface area contributed by atoms with Crippen molar-refractivity contribution in [2.24, 2.45) is 5.92 Å². The fourth-order valence-corrected chi connectivity index (χ4v) is 6.08. The van der Waals surface area contributed by atoms with E-state index >= 15 is 0 Å². The zero-order chi connectivity index (χ0) is 28.7. The fraction of sp³-hybridized carbons (Fsp3) is 0.571. The van der Waals surface area contributed by atoms with Gasteiger partial charge in [-0.2, -0.15) is 0 Å². The Morgan fingerprint density at radius 3 is 2.67 bits per heavy atom. The lowest BCUT2D eigenvalue weighted by atomic mass is 9.83. The van der Waals surface area contributed by atoms with Gasteiger partial charge in [-0.3, -0.25) is 10.1 Å². The maximum absolute atomic E-state index is 13.3. The second-order valence-corrected chi connectivity index (χ2v) is 11.5. The third-order valence-electron chi connectivity index (χ3n) is 8.39. The first-order valence-electron chi connectivity index (χ1n) is 13.1. The first-order valence-corrected chi connectivity index (χ1v) is 13.5. The molecular formula is C28H37BClN2O7. The van der Waals surface area contributed by atoms with E-state index in [-0.39, 0.29) is 30.5 Å². The van der Waals surface area contributed by atoms with Crippen LogP contribution >= 0.6 is 11.6 Å². The second kappa shape index (κ2) is 11.2. The molecule has 2 amide bonds. The lowest BCUT2D eigenvalue weighted by molar-refractivity contribution is -0.141. The van der Waals surface area contributed by atoms with Crippen molar-refractivity contribution in [3.63, 3.8) is 0 Å². The van der Waals surface area contributed by atoms with Gasteiger partial charge in [0.25, 0.3) is 0 Å². The number of hydrogen-bond donors (Lipinski definition) is 3. The number of amides is 2. The van der Waals surface area contributed by atoms with E-state index in [4.69, 9.17) is 25.8 Å². The van der Waals surface area contributed by atoms with Crippen LogP contribution < -0.4 is 15.0 Å². The Bertz CT molecular complexity index is 1190. The number of nitrogens with zero attached hydrogens (tertiary/aromatic N) is 1. The molecule has 1 aromatic carbocycles. The number of allylic oxidation sites excluding steroid dienone is 3. The molecule has 4 rings (SSSR count). The minimum atomic E-state index is -1.69. The molecule has 0 spiro atoms. The van der Waals surface area contributed by atoms with E-state index in [1.165, 1.54) is 19.1 Å². The highest BCUT2D eigenvalue weighted by atomic mass is 35.5. The molecule has 0 aromatic heterocycles. The number of carbonyl (C=O) groups excluding carboxylic acids is 2. The van der Waals surface area contributed by atoms with Crippen LogP contribution in [0.3, 0.4) is 0 Å². The largest absolute Gasteiger partial charge is 0.495 e. The smallest absolute Gasteiger partial charge is 0.409 e. The molecule has 3 heterocycles. The highest BCUT2D eigenvalue weighted by Gasteiger charge is 2.60. The van der Waals surface area contributed by atoms with Gasteiger partial charge >= 0.3 is 6.09 Å². The molecule has 3 N–H and O–H groups in total. The summed E-state index contributed by atoms with van der Waals surface area (Å²) in [5, 5.41) is 24.8. The van der Waals surface area contributed by atoms with E-state index in [0.29, 0.717) is 22.9 Å². The summed E-state index contributed by atoms with van der Waals surface area (Å²) in [7, 11) is 6.59. The Morgan fingerprint density at radius 1 is 1.28 bits per heavy atom. The molecule has 0 saturated carbocycles. The van der Waals surface area contributed by atoms with Gasteiger partial charge in [0.1, 0.15) is 30.3 Å². The average Bonchev–Trinajstić information content (AvgIpc) is 3.58. The Kier molecular flexibility index (Phi) is 8.43. The van der Waals surface area contributed by atoms with Gasteiger partial charge in [0.2, 0.25) is 5.91 Å². The molecule has 3 aliphatic rings. The molecule has 2 saturated heterocycles. The molecule has 9 nitrogen and oxygen atoms in total. The summed E-state index contributed by atoms with van der Waals surface area (Å²) in [6.45, 7) is 5.75. The molecule has 3 aliphatic heterocycles. The number of hydrogen-bond acceptors (Lipinski definition) is 7. The van der Waals surface area contributed by atoms with E-state index in [0.717, 1.165) is 11.1 Å². The van der Waals surface area contributed by atoms with Crippen LogP contribution in [0.15, 0.2) is 35.9 Å². The topological polar surface area (TPSA) is 118 Å².